The third-order valence-corrected chi connectivity index (χ3v) is 0. The molecule has 0 aromatic carbocycles. The quantitative estimate of drug-likeness (QED) is 0.439. The van der Waals surface area contributed by atoms with E-state index in [1.165, 1.54) is 0 Å². The molecule has 6 heavy (non-hydrogen) atoms. The first-order chi connectivity index (χ1) is 2.24. The van der Waals surface area contributed by atoms with Gasteiger partial charge in [0, 0.05) is 12.5 Å². The van der Waals surface area contributed by atoms with Gasteiger partial charge in [-0.05, 0) is 0 Å². The van der Waals surface area contributed by atoms with Crippen LogP contribution in [0.1, 0.15) is 0 Å². The van der Waals surface area contributed by atoms with Crippen LogP contribution in [-0.2, 0) is 9.53 Å². The van der Waals surface area contributed by atoms with Gasteiger partial charge in [0.05, 0.1) is 0 Å². The lowest BCUT2D eigenvalue weighted by molar-refractivity contribution is 0.529. The average molecular weight is 111 g/mol. The van der Waals surface area contributed by atoms with Crippen LogP contribution in [0.2, 0.25) is 0 Å². The molecule has 0 aromatic rings. The molecular formula is C2H9NO2S. The standard InChI is InChI=1S/C2H9NO2S/c1-6(2,3,4)5/h1-2H3,(H3,3,4,5). The van der Waals surface area contributed by atoms with Gasteiger partial charge in [-0.15, -0.1) is 9.53 Å². The Labute approximate surface area is 36.9 Å². The summed E-state index contributed by atoms with van der Waals surface area (Å²) in [6.07, 6.45) is 2.19. The van der Waals surface area contributed by atoms with Gasteiger partial charge in [-0.2, -0.15) is 4.21 Å². The van der Waals surface area contributed by atoms with Crippen molar-refractivity contribution in [3.05, 3.63) is 0 Å². The van der Waals surface area contributed by atoms with Gasteiger partial charge in [0.25, 0.3) is 0 Å². The summed E-state index contributed by atoms with van der Waals surface area (Å²) >= 11 is 0. The van der Waals surface area contributed by atoms with Crippen LogP contribution in [0.5, 0.6) is 0 Å². The lowest BCUT2D eigenvalue weighted by atomic mass is 11.9. The van der Waals surface area contributed by atoms with E-state index in [4.69, 9.17) is 9.69 Å². The van der Waals surface area contributed by atoms with Crippen molar-refractivity contribution in [2.75, 3.05) is 12.5 Å². The van der Waals surface area contributed by atoms with Gasteiger partial charge < -0.3 is 0 Å². The summed E-state index contributed by atoms with van der Waals surface area (Å²) in [5.41, 5.74) is 0. The first-order valence-corrected chi connectivity index (χ1v) is 4.20. The van der Waals surface area contributed by atoms with Gasteiger partial charge >= 0.3 is 0 Å². The molecule has 0 spiro atoms. The van der Waals surface area contributed by atoms with E-state index < -0.39 is 9.53 Å². The van der Waals surface area contributed by atoms with Crippen LogP contribution in [0, 0.1) is 0 Å². The molecule has 0 heterocycles. The highest BCUT2D eigenvalue weighted by Gasteiger charge is 1.99. The van der Waals surface area contributed by atoms with Crippen LogP contribution in [0.25, 0.3) is 0 Å². The molecule has 0 aliphatic rings. The molecule has 40 valence electrons. The Hall–Kier alpha value is 0.0700. The maximum Gasteiger partial charge on any atom is 0.0360 e. The van der Waals surface area contributed by atoms with Gasteiger partial charge in [-0.25, -0.2) is 5.14 Å². The monoisotopic (exact) mass is 111 g/mol. The van der Waals surface area contributed by atoms with Gasteiger partial charge in [0.1, 0.15) is 0 Å². The first kappa shape index (κ1) is 6.07. The fourth-order valence-electron chi connectivity index (χ4n) is 0. The lowest BCUT2D eigenvalue weighted by Crippen LogP contribution is -2.38. The number of hydrogen-bond acceptors (Lipinski definition) is 1. The van der Waals surface area contributed by atoms with Crippen molar-refractivity contribution in [1.29, 1.82) is 0 Å². The number of hydrogen-bond donors (Lipinski definition) is 2. The zero-order valence-corrected chi connectivity index (χ0v) is 4.66. The van der Waals surface area contributed by atoms with Gasteiger partial charge in [-0.3, -0.25) is 4.55 Å². The number of nitrogens with two attached hydrogens (primary N) is 1. The molecule has 3 N–H and O–H groups in total. The summed E-state index contributed by atoms with van der Waals surface area (Å²) < 4.78 is 18.4. The van der Waals surface area contributed by atoms with E-state index in [-0.39, 0.29) is 0 Å². The largest absolute Gasteiger partial charge is 0.291 e. The highest BCUT2D eigenvalue weighted by Crippen LogP contribution is 1.94. The van der Waals surface area contributed by atoms with E-state index in [9.17, 15) is 4.21 Å². The molecule has 0 unspecified atom stereocenters. The van der Waals surface area contributed by atoms with Crippen molar-refractivity contribution < 1.29 is 8.76 Å². The molecular weight excluding hydrogens is 102 g/mol. The average Bonchev–Trinajstić information content (AvgIpc) is 0.650. The Bertz CT molecular complexity index is 89.2. The van der Waals surface area contributed by atoms with Crippen molar-refractivity contribution in [2.45, 2.75) is 0 Å². The Kier molecular flexibility index (Phi) is 0.838. The van der Waals surface area contributed by atoms with Gasteiger partial charge in [-0.1, -0.05) is 0 Å². The summed E-state index contributed by atoms with van der Waals surface area (Å²) in [7, 11) is -3.60. The molecule has 0 aromatic heterocycles. The minimum Gasteiger partial charge on any atom is -0.291 e. The highest BCUT2D eigenvalue weighted by atomic mass is 32.3. The zero-order valence-electron chi connectivity index (χ0n) is 3.84. The van der Waals surface area contributed by atoms with Crippen LogP contribution in [0.15, 0.2) is 0 Å². The molecule has 0 fully saturated rings. The highest BCUT2D eigenvalue weighted by molar-refractivity contribution is 8.11. The Morgan fingerprint density at radius 2 is 1.67 bits per heavy atom. The lowest BCUT2D eigenvalue weighted by Gasteiger charge is -2.26. The first-order valence-electron chi connectivity index (χ1n) is 1.40. The van der Waals surface area contributed by atoms with E-state index in [0.29, 0.717) is 0 Å². The van der Waals surface area contributed by atoms with Crippen LogP contribution in [-0.4, -0.2) is 21.3 Å². The molecule has 0 rings (SSSR count). The fourth-order valence-corrected chi connectivity index (χ4v) is 0. The van der Waals surface area contributed by atoms with Crippen molar-refractivity contribution in [3.63, 3.8) is 0 Å². The summed E-state index contributed by atoms with van der Waals surface area (Å²) in [5.74, 6) is 0. The third kappa shape index (κ3) is 7830. The molecule has 0 radical (unpaired) electrons. The summed E-state index contributed by atoms with van der Waals surface area (Å²) in [4.78, 5) is 0. The number of rotatable bonds is 0. The molecule has 4 heteroatoms. The van der Waals surface area contributed by atoms with E-state index in [2.05, 4.69) is 0 Å². The van der Waals surface area contributed by atoms with E-state index in [1.54, 1.807) is 0 Å². The molecule has 3 nitrogen and oxygen atoms in total. The smallest absolute Gasteiger partial charge is 0.0360 e. The molecule has 0 atom stereocenters. The van der Waals surface area contributed by atoms with Crippen molar-refractivity contribution in [1.82, 2.24) is 0 Å². The van der Waals surface area contributed by atoms with Gasteiger partial charge in [0.2, 0.25) is 0 Å². The zero-order chi connectivity index (χ0) is 5.45. The fraction of sp³-hybridized carbons (Fsp3) is 1.00. The van der Waals surface area contributed by atoms with Crippen LogP contribution >= 0.6 is 0 Å². The SMILES string of the molecule is CS(C)(N)(=O)O. The molecule has 0 saturated heterocycles. The summed E-state index contributed by atoms with van der Waals surface area (Å²) in [5, 5.41) is 4.71. The molecule has 0 aliphatic carbocycles. The van der Waals surface area contributed by atoms with E-state index in [1.807, 2.05) is 0 Å². The molecule has 0 bridgehead atoms. The Balaban J connectivity index is 4.16. The van der Waals surface area contributed by atoms with Crippen molar-refractivity contribution >= 4 is 9.53 Å². The second kappa shape index (κ2) is 0.828. The van der Waals surface area contributed by atoms with Crippen LogP contribution in [0.4, 0.5) is 0 Å². The van der Waals surface area contributed by atoms with Crippen LogP contribution < -0.4 is 5.14 Å². The predicted molar refractivity (Wildman–Crippen MR) is 26.8 cm³/mol. The maximum absolute atomic E-state index is 10.1. The van der Waals surface area contributed by atoms with Crippen molar-refractivity contribution in [3.8, 4) is 0 Å². The molecule has 0 aliphatic heterocycles. The summed E-state index contributed by atoms with van der Waals surface area (Å²) in [6.45, 7) is 0. The van der Waals surface area contributed by atoms with Crippen LogP contribution in [0.3, 0.4) is 0 Å². The summed E-state index contributed by atoms with van der Waals surface area (Å²) in [6, 6.07) is 0. The second-order valence-electron chi connectivity index (χ2n) is 1.85. The van der Waals surface area contributed by atoms with E-state index >= 15 is 0 Å². The maximum atomic E-state index is 10.1. The third-order valence-electron chi connectivity index (χ3n) is 0. The molecule has 0 saturated carbocycles. The second-order valence-corrected chi connectivity index (χ2v) is 5.56. The van der Waals surface area contributed by atoms with Crippen molar-refractivity contribution in [2.24, 2.45) is 5.14 Å². The van der Waals surface area contributed by atoms with Gasteiger partial charge in [0.15, 0.2) is 0 Å². The topological polar surface area (TPSA) is 63.3 Å². The minimum atomic E-state index is -3.60. The Morgan fingerprint density at radius 1 is 1.67 bits per heavy atom. The van der Waals surface area contributed by atoms with E-state index in [0.717, 1.165) is 12.5 Å². The molecule has 0 amide bonds. The normalized spacial score (nSPS) is 19.0. The Morgan fingerprint density at radius 3 is 1.67 bits per heavy atom. The predicted octanol–water partition coefficient (Wildman–Crippen LogP) is -0.587. The minimum absolute atomic E-state index is 1.09.